The van der Waals surface area contributed by atoms with E-state index in [1.807, 2.05) is 12.1 Å². The molecule has 1 amide bonds. The second-order valence-corrected chi connectivity index (χ2v) is 9.22. The molecule has 0 saturated carbocycles. The molecule has 0 aromatic heterocycles. The number of halogens is 1. The first-order chi connectivity index (χ1) is 16.2. The molecule has 33 heavy (non-hydrogen) atoms. The van der Waals surface area contributed by atoms with Gasteiger partial charge in [-0.1, -0.05) is 18.2 Å². The number of piperazine rings is 1. The first kappa shape index (κ1) is 22.2. The van der Waals surface area contributed by atoms with E-state index in [2.05, 4.69) is 44.3 Å². The van der Waals surface area contributed by atoms with E-state index in [-0.39, 0.29) is 23.7 Å². The van der Waals surface area contributed by atoms with Crippen LogP contribution in [-0.4, -0.2) is 75.9 Å². The number of anilines is 2. The van der Waals surface area contributed by atoms with Crippen molar-refractivity contribution in [1.82, 2.24) is 10.2 Å². The normalized spacial score (nSPS) is 23.1. The van der Waals surface area contributed by atoms with E-state index < -0.39 is 0 Å². The molecule has 2 aromatic rings. The highest BCUT2D eigenvalue weighted by Crippen LogP contribution is 2.36. The van der Waals surface area contributed by atoms with E-state index in [1.54, 1.807) is 0 Å². The Balaban J connectivity index is 1.26. The van der Waals surface area contributed by atoms with Gasteiger partial charge >= 0.3 is 0 Å². The molecular formula is C26H33FN4O2. The third-order valence-corrected chi connectivity index (χ3v) is 7.21. The second kappa shape index (κ2) is 10.1. The Hall–Kier alpha value is -2.64. The Bertz CT molecular complexity index is 948. The van der Waals surface area contributed by atoms with E-state index in [9.17, 15) is 9.18 Å². The number of fused-ring (bicyclic) bond motifs is 3. The zero-order valence-electron chi connectivity index (χ0n) is 19.1. The second-order valence-electron chi connectivity index (χ2n) is 9.22. The SMILES string of the molecule is O=C(NCCCN1CCOCC1)[C@@H]1Cc2ccccc2N2CCN(c3ccc(F)cc3)C[C@@H]12. The molecule has 3 aliphatic rings. The third-order valence-electron chi connectivity index (χ3n) is 7.21. The number of carbonyl (C=O) groups is 1. The zero-order valence-corrected chi connectivity index (χ0v) is 19.1. The fourth-order valence-electron chi connectivity index (χ4n) is 5.41. The van der Waals surface area contributed by atoms with Gasteiger partial charge < -0.3 is 19.9 Å². The van der Waals surface area contributed by atoms with Gasteiger partial charge in [-0.2, -0.15) is 0 Å². The first-order valence-corrected chi connectivity index (χ1v) is 12.1. The van der Waals surface area contributed by atoms with E-state index in [4.69, 9.17) is 4.74 Å². The molecule has 0 radical (unpaired) electrons. The molecule has 2 fully saturated rings. The molecule has 1 N–H and O–H groups in total. The quantitative estimate of drug-likeness (QED) is 0.683. The maximum Gasteiger partial charge on any atom is 0.225 e. The lowest BCUT2D eigenvalue weighted by molar-refractivity contribution is -0.125. The van der Waals surface area contributed by atoms with E-state index in [1.165, 1.54) is 23.4 Å². The van der Waals surface area contributed by atoms with Crippen LogP contribution in [0.5, 0.6) is 0 Å². The van der Waals surface area contributed by atoms with Crippen molar-refractivity contribution >= 4 is 17.3 Å². The lowest BCUT2D eigenvalue weighted by Crippen LogP contribution is -2.61. The summed E-state index contributed by atoms with van der Waals surface area (Å²) in [7, 11) is 0. The minimum absolute atomic E-state index is 0.0953. The molecule has 7 heteroatoms. The minimum Gasteiger partial charge on any atom is -0.379 e. The number of amides is 1. The standard InChI is InChI=1S/C26H33FN4O2/c27-21-6-8-22(9-7-21)30-12-13-31-24-5-2-1-4-20(24)18-23(25(31)19-30)26(32)28-10-3-11-29-14-16-33-17-15-29/h1-2,4-9,23,25H,3,10-19H2,(H,28,32)/t23-,25+/m1/s1. The van der Waals surface area contributed by atoms with Crippen LogP contribution < -0.4 is 15.1 Å². The van der Waals surface area contributed by atoms with Crippen molar-refractivity contribution in [2.45, 2.75) is 18.9 Å². The number of para-hydroxylation sites is 1. The highest BCUT2D eigenvalue weighted by atomic mass is 19.1. The smallest absolute Gasteiger partial charge is 0.225 e. The molecule has 3 heterocycles. The van der Waals surface area contributed by atoms with Gasteiger partial charge in [0.05, 0.1) is 25.2 Å². The van der Waals surface area contributed by atoms with Crippen molar-refractivity contribution < 1.29 is 13.9 Å². The van der Waals surface area contributed by atoms with Gasteiger partial charge in [-0.15, -0.1) is 0 Å². The third kappa shape index (κ3) is 4.99. The number of nitrogens with one attached hydrogen (secondary N) is 1. The van der Waals surface area contributed by atoms with Crippen LogP contribution in [0.2, 0.25) is 0 Å². The average Bonchev–Trinajstić information content (AvgIpc) is 2.87. The number of nitrogens with zero attached hydrogens (tertiary/aromatic N) is 3. The summed E-state index contributed by atoms with van der Waals surface area (Å²) in [5, 5.41) is 3.23. The average molecular weight is 453 g/mol. The summed E-state index contributed by atoms with van der Waals surface area (Å²) in [6, 6.07) is 15.2. The predicted molar refractivity (Wildman–Crippen MR) is 128 cm³/mol. The van der Waals surface area contributed by atoms with Crippen LogP contribution in [0.15, 0.2) is 48.5 Å². The van der Waals surface area contributed by atoms with Gasteiger partial charge in [-0.3, -0.25) is 9.69 Å². The van der Waals surface area contributed by atoms with Crippen LogP contribution >= 0.6 is 0 Å². The van der Waals surface area contributed by atoms with Gasteiger partial charge in [0.1, 0.15) is 5.82 Å². The Morgan fingerprint density at radius 2 is 1.82 bits per heavy atom. The molecule has 0 aliphatic carbocycles. The molecule has 5 rings (SSSR count). The largest absolute Gasteiger partial charge is 0.379 e. The summed E-state index contributed by atoms with van der Waals surface area (Å²) < 4.78 is 18.8. The molecular weight excluding hydrogens is 419 g/mol. The van der Waals surface area contributed by atoms with Crippen LogP contribution in [0.25, 0.3) is 0 Å². The number of hydrogen-bond acceptors (Lipinski definition) is 5. The van der Waals surface area contributed by atoms with E-state index >= 15 is 0 Å². The van der Waals surface area contributed by atoms with Gasteiger partial charge in [0, 0.05) is 50.6 Å². The number of carbonyl (C=O) groups excluding carboxylic acids is 1. The van der Waals surface area contributed by atoms with Crippen molar-refractivity contribution in [1.29, 1.82) is 0 Å². The molecule has 2 atom stereocenters. The molecule has 0 unspecified atom stereocenters. The number of rotatable bonds is 6. The molecule has 2 aromatic carbocycles. The summed E-state index contributed by atoms with van der Waals surface area (Å²) >= 11 is 0. The molecule has 2 saturated heterocycles. The monoisotopic (exact) mass is 452 g/mol. The first-order valence-electron chi connectivity index (χ1n) is 12.1. The number of hydrogen-bond donors (Lipinski definition) is 1. The van der Waals surface area contributed by atoms with E-state index in [0.717, 1.165) is 71.0 Å². The number of ether oxygens (including phenoxy) is 1. The van der Waals surface area contributed by atoms with Crippen molar-refractivity contribution in [2.24, 2.45) is 5.92 Å². The molecule has 0 bridgehead atoms. The van der Waals surface area contributed by atoms with Gasteiger partial charge in [-0.05, 0) is 55.3 Å². The lowest BCUT2D eigenvalue weighted by atomic mass is 9.83. The fraction of sp³-hybridized carbons (Fsp3) is 0.500. The van der Waals surface area contributed by atoms with Gasteiger partial charge in [0.25, 0.3) is 0 Å². The van der Waals surface area contributed by atoms with Crippen LogP contribution in [0.4, 0.5) is 15.8 Å². The number of benzene rings is 2. The summed E-state index contributed by atoms with van der Waals surface area (Å²) in [5.41, 5.74) is 3.51. The van der Waals surface area contributed by atoms with E-state index in [0.29, 0.717) is 6.54 Å². The summed E-state index contributed by atoms with van der Waals surface area (Å²) in [5.74, 6) is -0.188. The summed E-state index contributed by atoms with van der Waals surface area (Å²) in [4.78, 5) is 20.5. The van der Waals surface area contributed by atoms with Crippen molar-refractivity contribution in [3.8, 4) is 0 Å². The van der Waals surface area contributed by atoms with Crippen LogP contribution in [0.3, 0.4) is 0 Å². The maximum atomic E-state index is 13.4. The van der Waals surface area contributed by atoms with Crippen LogP contribution in [0.1, 0.15) is 12.0 Å². The van der Waals surface area contributed by atoms with Crippen molar-refractivity contribution in [2.75, 3.05) is 68.8 Å². The zero-order chi connectivity index (χ0) is 22.6. The molecule has 0 spiro atoms. The molecule has 176 valence electrons. The number of morpholine rings is 1. The highest BCUT2D eigenvalue weighted by Gasteiger charge is 2.41. The Kier molecular flexibility index (Phi) is 6.78. The fourth-order valence-corrected chi connectivity index (χ4v) is 5.41. The van der Waals surface area contributed by atoms with Gasteiger partial charge in [-0.25, -0.2) is 4.39 Å². The Morgan fingerprint density at radius 3 is 2.64 bits per heavy atom. The van der Waals surface area contributed by atoms with Crippen LogP contribution in [-0.2, 0) is 16.0 Å². The topological polar surface area (TPSA) is 48.1 Å². The van der Waals surface area contributed by atoms with Crippen molar-refractivity contribution in [3.63, 3.8) is 0 Å². The lowest BCUT2D eigenvalue weighted by Gasteiger charge is -2.49. The van der Waals surface area contributed by atoms with Crippen molar-refractivity contribution in [3.05, 3.63) is 59.9 Å². The summed E-state index contributed by atoms with van der Waals surface area (Å²) in [6.45, 7) is 7.70. The highest BCUT2D eigenvalue weighted by molar-refractivity contribution is 5.82. The maximum absolute atomic E-state index is 13.4. The Morgan fingerprint density at radius 1 is 1.03 bits per heavy atom. The predicted octanol–water partition coefficient (Wildman–Crippen LogP) is 2.53. The van der Waals surface area contributed by atoms with Gasteiger partial charge in [0.15, 0.2) is 0 Å². The minimum atomic E-state index is -0.224. The Labute approximate surface area is 195 Å². The molecule has 3 aliphatic heterocycles. The van der Waals surface area contributed by atoms with Crippen LogP contribution in [0, 0.1) is 11.7 Å². The van der Waals surface area contributed by atoms with Gasteiger partial charge in [0.2, 0.25) is 5.91 Å². The summed E-state index contributed by atoms with van der Waals surface area (Å²) in [6.07, 6.45) is 1.70. The molecule has 6 nitrogen and oxygen atoms in total.